The minimum atomic E-state index is -0.564. The lowest BCUT2D eigenvalue weighted by atomic mass is 10.0. The van der Waals surface area contributed by atoms with Gasteiger partial charge in [-0.2, -0.15) is 0 Å². The van der Waals surface area contributed by atoms with Gasteiger partial charge in [0.1, 0.15) is 6.61 Å². The first-order valence-corrected chi connectivity index (χ1v) is 7.25. The van der Waals surface area contributed by atoms with E-state index in [1.165, 1.54) is 0 Å². The maximum Gasteiger partial charge on any atom is 0.264 e. The zero-order valence-electron chi connectivity index (χ0n) is 12.4. The van der Waals surface area contributed by atoms with Gasteiger partial charge < -0.3 is 14.8 Å². The van der Waals surface area contributed by atoms with Crippen LogP contribution in [-0.2, 0) is 4.79 Å². The molecule has 0 spiro atoms. The van der Waals surface area contributed by atoms with E-state index in [4.69, 9.17) is 9.47 Å². The second kappa shape index (κ2) is 6.64. The highest BCUT2D eigenvalue weighted by Crippen LogP contribution is 2.30. The first-order valence-electron chi connectivity index (χ1n) is 7.25. The third-order valence-electron chi connectivity index (χ3n) is 3.37. The molecule has 0 saturated carbocycles. The van der Waals surface area contributed by atoms with E-state index in [0.29, 0.717) is 17.4 Å². The van der Waals surface area contributed by atoms with Gasteiger partial charge in [0, 0.05) is 6.04 Å². The van der Waals surface area contributed by atoms with Crippen LogP contribution in [0.2, 0.25) is 0 Å². The van der Waals surface area contributed by atoms with Crippen molar-refractivity contribution in [3.8, 4) is 11.5 Å². The van der Waals surface area contributed by atoms with Gasteiger partial charge in [-0.3, -0.25) is 4.79 Å². The molecule has 110 valence electrons. The van der Waals surface area contributed by atoms with E-state index < -0.39 is 6.10 Å². The lowest BCUT2D eigenvalue weighted by molar-refractivity contribution is -0.131. The summed E-state index contributed by atoms with van der Waals surface area (Å²) in [7, 11) is 0. The number of para-hydroxylation sites is 2. The van der Waals surface area contributed by atoms with Crippen LogP contribution in [0.25, 0.3) is 0 Å². The van der Waals surface area contributed by atoms with E-state index in [9.17, 15) is 4.79 Å². The van der Waals surface area contributed by atoms with E-state index >= 15 is 0 Å². The van der Waals surface area contributed by atoms with Gasteiger partial charge in [0.25, 0.3) is 5.91 Å². The largest absolute Gasteiger partial charge is 0.485 e. The number of hydrogen-bond acceptors (Lipinski definition) is 3. The van der Waals surface area contributed by atoms with E-state index in [1.54, 1.807) is 0 Å². The van der Waals surface area contributed by atoms with Crippen LogP contribution < -0.4 is 14.8 Å². The summed E-state index contributed by atoms with van der Waals surface area (Å²) in [5.41, 5.74) is 0. The van der Waals surface area contributed by atoms with Crippen LogP contribution in [0.4, 0.5) is 0 Å². The molecule has 4 nitrogen and oxygen atoms in total. The Hall–Kier alpha value is -1.71. The molecule has 2 unspecified atom stereocenters. The van der Waals surface area contributed by atoms with Crippen molar-refractivity contribution >= 4 is 5.91 Å². The summed E-state index contributed by atoms with van der Waals surface area (Å²) >= 11 is 0. The molecule has 1 aliphatic rings. The standard InChI is InChI=1S/C16H23NO3/c1-11(2)8-9-12(3)17-16(18)15-10-19-13-6-4-5-7-14(13)20-15/h4-7,11-12,15H,8-10H2,1-3H3,(H,17,18). The van der Waals surface area contributed by atoms with E-state index in [0.717, 1.165) is 12.8 Å². The molecule has 0 aromatic heterocycles. The fourth-order valence-corrected chi connectivity index (χ4v) is 2.14. The summed E-state index contributed by atoms with van der Waals surface area (Å²) in [5, 5.41) is 2.99. The van der Waals surface area contributed by atoms with Crippen molar-refractivity contribution in [3.63, 3.8) is 0 Å². The summed E-state index contributed by atoms with van der Waals surface area (Å²) in [6, 6.07) is 7.57. The molecule has 1 N–H and O–H groups in total. The normalized spacial score (nSPS) is 18.7. The van der Waals surface area contributed by atoms with Crippen molar-refractivity contribution in [1.29, 1.82) is 0 Å². The number of hydrogen-bond donors (Lipinski definition) is 1. The Bertz CT molecular complexity index is 459. The molecule has 0 bridgehead atoms. The van der Waals surface area contributed by atoms with Gasteiger partial charge in [-0.15, -0.1) is 0 Å². The zero-order valence-corrected chi connectivity index (χ0v) is 12.4. The fraction of sp³-hybridized carbons (Fsp3) is 0.562. The molecule has 0 fully saturated rings. The fourth-order valence-electron chi connectivity index (χ4n) is 2.14. The lowest BCUT2D eigenvalue weighted by Crippen LogP contribution is -2.46. The Balaban J connectivity index is 1.85. The summed E-state index contributed by atoms with van der Waals surface area (Å²) in [6.45, 7) is 6.66. The van der Waals surface area contributed by atoms with Crippen LogP contribution in [-0.4, -0.2) is 24.7 Å². The van der Waals surface area contributed by atoms with Crippen LogP contribution >= 0.6 is 0 Å². The van der Waals surface area contributed by atoms with Crippen molar-refractivity contribution in [3.05, 3.63) is 24.3 Å². The van der Waals surface area contributed by atoms with Crippen LogP contribution in [0, 0.1) is 5.92 Å². The molecule has 0 aliphatic carbocycles. The minimum absolute atomic E-state index is 0.101. The predicted octanol–water partition coefficient (Wildman–Crippen LogP) is 2.77. The molecule has 1 amide bonds. The second-order valence-electron chi connectivity index (χ2n) is 5.75. The Kier molecular flexibility index (Phi) is 4.88. The highest BCUT2D eigenvalue weighted by Gasteiger charge is 2.27. The number of benzene rings is 1. The topological polar surface area (TPSA) is 47.6 Å². The van der Waals surface area contributed by atoms with Gasteiger partial charge in [-0.05, 0) is 37.8 Å². The monoisotopic (exact) mass is 277 g/mol. The van der Waals surface area contributed by atoms with E-state index in [-0.39, 0.29) is 18.6 Å². The SMILES string of the molecule is CC(C)CCC(C)NC(=O)C1COc2ccccc2O1. The Labute approximate surface area is 120 Å². The van der Waals surface area contributed by atoms with Crippen molar-refractivity contribution in [2.75, 3.05) is 6.61 Å². The second-order valence-corrected chi connectivity index (χ2v) is 5.75. The predicted molar refractivity (Wildman–Crippen MR) is 78.0 cm³/mol. The number of carbonyl (C=O) groups is 1. The molecular weight excluding hydrogens is 254 g/mol. The van der Waals surface area contributed by atoms with Crippen molar-refractivity contribution in [1.82, 2.24) is 5.32 Å². The van der Waals surface area contributed by atoms with Crippen molar-refractivity contribution in [2.24, 2.45) is 5.92 Å². The number of carbonyl (C=O) groups excluding carboxylic acids is 1. The first-order chi connectivity index (χ1) is 9.56. The minimum Gasteiger partial charge on any atom is -0.485 e. The van der Waals surface area contributed by atoms with Gasteiger partial charge in [0.2, 0.25) is 6.10 Å². The van der Waals surface area contributed by atoms with Gasteiger partial charge in [-0.25, -0.2) is 0 Å². The Morgan fingerprint density at radius 1 is 1.25 bits per heavy atom. The maximum atomic E-state index is 12.1. The molecule has 1 heterocycles. The van der Waals surface area contributed by atoms with Gasteiger partial charge in [-0.1, -0.05) is 26.0 Å². The van der Waals surface area contributed by atoms with Crippen LogP contribution in [0.15, 0.2) is 24.3 Å². The lowest BCUT2D eigenvalue weighted by Gasteiger charge is -2.26. The van der Waals surface area contributed by atoms with E-state index in [2.05, 4.69) is 19.2 Å². The molecule has 2 rings (SSSR count). The molecule has 0 saturated heterocycles. The highest BCUT2D eigenvalue weighted by atomic mass is 16.6. The summed E-state index contributed by atoms with van der Waals surface area (Å²) < 4.78 is 11.2. The molecule has 1 aliphatic heterocycles. The maximum absolute atomic E-state index is 12.1. The van der Waals surface area contributed by atoms with Crippen LogP contribution in [0.1, 0.15) is 33.6 Å². The van der Waals surface area contributed by atoms with Gasteiger partial charge >= 0.3 is 0 Å². The van der Waals surface area contributed by atoms with Gasteiger partial charge in [0.05, 0.1) is 0 Å². The van der Waals surface area contributed by atoms with Crippen LogP contribution in [0.5, 0.6) is 11.5 Å². The van der Waals surface area contributed by atoms with Crippen LogP contribution in [0.3, 0.4) is 0 Å². The summed E-state index contributed by atoms with van der Waals surface area (Å²) in [6.07, 6.45) is 1.52. The number of rotatable bonds is 5. The number of ether oxygens (including phenoxy) is 2. The summed E-state index contributed by atoms with van der Waals surface area (Å²) in [5.74, 6) is 1.88. The number of fused-ring (bicyclic) bond motifs is 1. The number of nitrogens with one attached hydrogen (secondary N) is 1. The molecule has 2 atom stereocenters. The first kappa shape index (κ1) is 14.7. The third-order valence-corrected chi connectivity index (χ3v) is 3.37. The quantitative estimate of drug-likeness (QED) is 0.900. The highest BCUT2D eigenvalue weighted by molar-refractivity contribution is 5.82. The molecule has 0 radical (unpaired) electrons. The van der Waals surface area contributed by atoms with Crippen molar-refractivity contribution < 1.29 is 14.3 Å². The zero-order chi connectivity index (χ0) is 14.5. The molecule has 1 aromatic carbocycles. The molecule has 1 aromatic rings. The average Bonchev–Trinajstić information content (AvgIpc) is 2.44. The van der Waals surface area contributed by atoms with Gasteiger partial charge in [0.15, 0.2) is 11.5 Å². The smallest absolute Gasteiger partial charge is 0.264 e. The average molecular weight is 277 g/mol. The summed E-state index contributed by atoms with van der Waals surface area (Å²) in [4.78, 5) is 12.1. The van der Waals surface area contributed by atoms with E-state index in [1.807, 2.05) is 31.2 Å². The number of amides is 1. The van der Waals surface area contributed by atoms with Crippen molar-refractivity contribution in [2.45, 2.75) is 45.8 Å². The molecular formula is C16H23NO3. The third kappa shape index (κ3) is 3.89. The Morgan fingerprint density at radius 3 is 2.65 bits per heavy atom. The Morgan fingerprint density at radius 2 is 1.95 bits per heavy atom. The molecule has 20 heavy (non-hydrogen) atoms. The molecule has 4 heteroatoms.